The topological polar surface area (TPSA) is 60.5 Å². The minimum absolute atomic E-state index is 0.315. The molecule has 2 aliphatic rings. The first-order chi connectivity index (χ1) is 31.4. The molecular formula is C53H59BF4N2O4S. The molecule has 0 bridgehead atoms. The fourth-order valence-electron chi connectivity index (χ4n) is 8.97. The number of ether oxygens (including phenoxy) is 2. The summed E-state index contributed by atoms with van der Waals surface area (Å²) in [7, 11) is -9.84. The molecule has 0 saturated heterocycles. The third kappa shape index (κ3) is 10.4. The van der Waals surface area contributed by atoms with Crippen molar-refractivity contribution >= 4 is 67.0 Å². The SMILES string of the molecule is CCCCOc1ccc2c3c(cccc13)C(C=CC1=C(S(=O)(=O)c3ccccc3)C(=CC=c3c4cccc5c(OCCCC)ccc(c54)n3CCCC)CC1)=[N+]2CCCC.F[B-](F)(F)F. The second-order valence-electron chi connectivity index (χ2n) is 16.7. The molecule has 0 radical (unpaired) electrons. The van der Waals surface area contributed by atoms with Crippen LogP contribution in [0.15, 0.2) is 130 Å². The molecule has 8 rings (SSSR count). The largest absolute Gasteiger partial charge is 0.673 e. The zero-order valence-corrected chi connectivity index (χ0v) is 38.7. The van der Waals surface area contributed by atoms with Crippen LogP contribution in [-0.2, 0) is 16.4 Å². The number of sulfone groups is 1. The fourth-order valence-corrected chi connectivity index (χ4v) is 10.8. The number of aryl methyl sites for hydroxylation is 1. The first-order valence-corrected chi connectivity index (χ1v) is 24.7. The van der Waals surface area contributed by atoms with E-state index in [4.69, 9.17) is 9.47 Å². The highest BCUT2D eigenvalue weighted by atomic mass is 32.2. The van der Waals surface area contributed by atoms with E-state index in [0.29, 0.717) is 35.9 Å². The summed E-state index contributed by atoms with van der Waals surface area (Å²) in [6.45, 7) is 11.9. The number of nitrogens with zero attached hydrogens (tertiary/aromatic N) is 2. The summed E-state index contributed by atoms with van der Waals surface area (Å²) >= 11 is 0. The summed E-state index contributed by atoms with van der Waals surface area (Å²) < 4.78 is 86.0. The van der Waals surface area contributed by atoms with Crippen molar-refractivity contribution in [2.45, 2.75) is 103 Å². The monoisotopic (exact) mass is 906 g/mol. The maximum atomic E-state index is 14.8. The Bertz CT molecular complexity index is 2950. The molecule has 342 valence electrons. The summed E-state index contributed by atoms with van der Waals surface area (Å²) in [5, 5.41) is 6.89. The van der Waals surface area contributed by atoms with E-state index in [0.717, 1.165) is 120 Å². The van der Waals surface area contributed by atoms with Crippen molar-refractivity contribution < 1.29 is 39.7 Å². The molecule has 2 heterocycles. The Balaban J connectivity index is 0.00000120. The molecule has 6 aromatic rings. The predicted molar refractivity (Wildman–Crippen MR) is 260 cm³/mol. The predicted octanol–water partition coefficient (Wildman–Crippen LogP) is 13.9. The Morgan fingerprint density at radius 1 is 0.662 bits per heavy atom. The highest BCUT2D eigenvalue weighted by molar-refractivity contribution is 7.95. The minimum atomic E-state index is -6.00. The van der Waals surface area contributed by atoms with Crippen molar-refractivity contribution in [3.05, 3.63) is 136 Å². The van der Waals surface area contributed by atoms with Gasteiger partial charge in [-0.25, -0.2) is 8.42 Å². The number of halogens is 4. The number of allylic oxidation sites excluding steroid dienone is 5. The van der Waals surface area contributed by atoms with E-state index < -0.39 is 17.1 Å². The van der Waals surface area contributed by atoms with Crippen LogP contribution in [0.3, 0.4) is 0 Å². The van der Waals surface area contributed by atoms with E-state index >= 15 is 0 Å². The summed E-state index contributed by atoms with van der Waals surface area (Å²) in [4.78, 5) is 0.735. The lowest BCUT2D eigenvalue weighted by atomic mass is 10.0. The first-order valence-electron chi connectivity index (χ1n) is 23.2. The van der Waals surface area contributed by atoms with Gasteiger partial charge in [0.1, 0.15) is 18.0 Å². The Labute approximate surface area is 380 Å². The molecule has 0 unspecified atom stereocenters. The molecular weight excluding hydrogens is 847 g/mol. The van der Waals surface area contributed by atoms with Crippen molar-refractivity contribution in [2.24, 2.45) is 0 Å². The van der Waals surface area contributed by atoms with Crippen molar-refractivity contribution in [3.63, 3.8) is 0 Å². The first kappa shape index (κ1) is 47.4. The second kappa shape index (κ2) is 21.1. The molecule has 0 atom stereocenters. The van der Waals surface area contributed by atoms with Gasteiger partial charge in [-0.15, -0.1) is 0 Å². The lowest BCUT2D eigenvalue weighted by molar-refractivity contribution is -0.436. The van der Waals surface area contributed by atoms with Crippen LogP contribution in [0.2, 0.25) is 0 Å². The number of rotatable bonds is 19. The van der Waals surface area contributed by atoms with Crippen LogP contribution < -0.4 is 14.8 Å². The van der Waals surface area contributed by atoms with Crippen LogP contribution in [0.1, 0.15) is 97.5 Å². The summed E-state index contributed by atoms with van der Waals surface area (Å²) in [5.74, 6) is 1.83. The van der Waals surface area contributed by atoms with Crippen LogP contribution in [0.4, 0.5) is 23.0 Å². The van der Waals surface area contributed by atoms with Crippen LogP contribution in [-0.4, -0.2) is 50.3 Å². The van der Waals surface area contributed by atoms with E-state index in [2.05, 4.69) is 122 Å². The molecule has 1 aromatic heterocycles. The third-order valence-corrected chi connectivity index (χ3v) is 14.1. The van der Waals surface area contributed by atoms with E-state index in [9.17, 15) is 25.7 Å². The third-order valence-electron chi connectivity index (χ3n) is 12.1. The Morgan fingerprint density at radius 2 is 1.28 bits per heavy atom. The van der Waals surface area contributed by atoms with Crippen LogP contribution in [0.25, 0.3) is 38.5 Å². The fraction of sp³-hybridized carbons (Fsp3) is 0.340. The maximum Gasteiger partial charge on any atom is 0.673 e. The van der Waals surface area contributed by atoms with Crippen molar-refractivity contribution in [1.29, 1.82) is 0 Å². The minimum Gasteiger partial charge on any atom is -0.493 e. The summed E-state index contributed by atoms with van der Waals surface area (Å²) in [5.41, 5.74) is 6.30. The van der Waals surface area contributed by atoms with Gasteiger partial charge >= 0.3 is 7.25 Å². The zero-order valence-electron chi connectivity index (χ0n) is 37.9. The van der Waals surface area contributed by atoms with Gasteiger partial charge in [0.05, 0.1) is 34.0 Å². The lowest BCUT2D eigenvalue weighted by Crippen LogP contribution is -2.16. The van der Waals surface area contributed by atoms with Gasteiger partial charge in [0.2, 0.25) is 21.2 Å². The van der Waals surface area contributed by atoms with Gasteiger partial charge in [0, 0.05) is 57.5 Å². The van der Waals surface area contributed by atoms with E-state index in [1.165, 1.54) is 22.0 Å². The number of hydrogen-bond donors (Lipinski definition) is 0. The lowest BCUT2D eigenvalue weighted by Gasteiger charge is -2.10. The average molecular weight is 907 g/mol. The number of hydrogen-bond acceptors (Lipinski definition) is 4. The van der Waals surface area contributed by atoms with Crippen molar-refractivity contribution in [1.82, 2.24) is 4.57 Å². The van der Waals surface area contributed by atoms with E-state index in [1.807, 2.05) is 18.2 Å². The second-order valence-corrected chi connectivity index (χ2v) is 18.6. The van der Waals surface area contributed by atoms with Gasteiger partial charge in [0.25, 0.3) is 0 Å². The van der Waals surface area contributed by atoms with Gasteiger partial charge in [-0.2, -0.15) is 4.58 Å². The van der Waals surface area contributed by atoms with Crippen molar-refractivity contribution in [3.8, 4) is 11.5 Å². The van der Waals surface area contributed by atoms with Gasteiger partial charge in [-0.3, -0.25) is 0 Å². The van der Waals surface area contributed by atoms with Crippen LogP contribution in [0, 0.1) is 0 Å². The number of benzene rings is 5. The van der Waals surface area contributed by atoms with E-state index in [1.54, 1.807) is 12.1 Å². The molecule has 5 aromatic carbocycles. The molecule has 6 nitrogen and oxygen atoms in total. The van der Waals surface area contributed by atoms with Crippen molar-refractivity contribution in [2.75, 3.05) is 19.8 Å². The summed E-state index contributed by atoms with van der Waals surface area (Å²) in [6.07, 6.45) is 18.2. The molecule has 12 heteroatoms. The quantitative estimate of drug-likeness (QED) is 0.0352. The van der Waals surface area contributed by atoms with E-state index in [-0.39, 0.29) is 0 Å². The molecule has 0 spiro atoms. The highest BCUT2D eigenvalue weighted by Gasteiger charge is 2.34. The smallest absolute Gasteiger partial charge is 0.493 e. The standard InChI is InChI=1S/C53H59N2O4S.BF4/c1-5-9-34-54-45(41-20-16-22-43-49(58-36-11-7-3)32-30-47(54)51(41)43)28-26-38-24-25-39(53(38)60(56,57)40-18-14-13-15-19-40)27-29-46-42-21-17-23-44-50(59-37-12-8-4)33-31-48(52(42)44)55(46)35-10-6-2;2-1(3,4)5/h13-23,26-33H,5-12,24-25,34-37H2,1-4H3;/q+1;-1. The van der Waals surface area contributed by atoms with Gasteiger partial charge in [-0.1, -0.05) is 114 Å². The molecule has 0 saturated carbocycles. The number of unbranched alkanes of at least 4 members (excludes halogenated alkanes) is 4. The molecule has 0 N–H and O–H groups in total. The van der Waals surface area contributed by atoms with Gasteiger partial charge in [-0.05, 0) is 85.7 Å². The Kier molecular flexibility index (Phi) is 15.4. The number of aromatic nitrogens is 1. The van der Waals surface area contributed by atoms with Gasteiger partial charge in [0.15, 0.2) is 0 Å². The van der Waals surface area contributed by atoms with Gasteiger partial charge < -0.3 is 31.3 Å². The van der Waals surface area contributed by atoms with Crippen LogP contribution in [0.5, 0.6) is 11.5 Å². The Hall–Kier alpha value is -5.62. The molecule has 1 aliphatic carbocycles. The average Bonchev–Trinajstić information content (AvgIpc) is 3.95. The molecule has 1 aliphatic heterocycles. The maximum absolute atomic E-state index is 14.8. The normalized spacial score (nSPS) is 15.1. The molecule has 0 fully saturated rings. The molecule has 65 heavy (non-hydrogen) atoms. The van der Waals surface area contributed by atoms with Crippen LogP contribution >= 0.6 is 0 Å². The Morgan fingerprint density at radius 3 is 1.94 bits per heavy atom. The highest BCUT2D eigenvalue weighted by Crippen LogP contribution is 2.42. The summed E-state index contributed by atoms with van der Waals surface area (Å²) in [6, 6.07) is 30.5. The zero-order chi connectivity index (χ0) is 46.1. The molecule has 0 amide bonds.